The molecule has 2 aromatic rings. The van der Waals surface area contributed by atoms with Crippen LogP contribution in [0, 0.1) is 13.8 Å². The molecule has 0 saturated carbocycles. The summed E-state index contributed by atoms with van der Waals surface area (Å²) in [4.78, 5) is 0. The largest absolute Gasteiger partial charge is 0.508 e. The molecule has 17 heavy (non-hydrogen) atoms. The first-order valence-electron chi connectivity index (χ1n) is 5.63. The molecule has 0 amide bonds. The fourth-order valence-electron chi connectivity index (χ4n) is 1.66. The van der Waals surface area contributed by atoms with Crippen LogP contribution in [0.3, 0.4) is 0 Å². The lowest BCUT2D eigenvalue weighted by Gasteiger charge is -2.08. The molecule has 0 aliphatic rings. The Morgan fingerprint density at radius 2 is 1.76 bits per heavy atom. The highest BCUT2D eigenvalue weighted by Crippen LogP contribution is 2.21. The molecular weight excluding hydrogens is 212 g/mol. The van der Waals surface area contributed by atoms with E-state index >= 15 is 0 Å². The fourth-order valence-corrected chi connectivity index (χ4v) is 1.66. The van der Waals surface area contributed by atoms with Gasteiger partial charge in [-0.2, -0.15) is 0 Å². The lowest BCUT2D eigenvalue weighted by Crippen LogP contribution is -1.96. The zero-order valence-electron chi connectivity index (χ0n) is 10.1. The van der Waals surface area contributed by atoms with Crippen LogP contribution in [0.15, 0.2) is 42.5 Å². The lowest BCUT2D eigenvalue weighted by molar-refractivity contribution is 0.299. The predicted octanol–water partition coefficient (Wildman–Crippen LogP) is 3.59. The molecule has 2 nitrogen and oxygen atoms in total. The van der Waals surface area contributed by atoms with E-state index < -0.39 is 0 Å². The van der Waals surface area contributed by atoms with Crippen molar-refractivity contribution in [3.05, 3.63) is 59.2 Å². The van der Waals surface area contributed by atoms with Crippen molar-refractivity contribution in [1.82, 2.24) is 0 Å². The summed E-state index contributed by atoms with van der Waals surface area (Å²) in [7, 11) is 0. The predicted molar refractivity (Wildman–Crippen MR) is 68.4 cm³/mol. The van der Waals surface area contributed by atoms with E-state index in [1.807, 2.05) is 50.2 Å². The summed E-state index contributed by atoms with van der Waals surface area (Å²) < 4.78 is 5.63. The number of ether oxygens (including phenoxy) is 1. The maximum Gasteiger partial charge on any atom is 0.122 e. The van der Waals surface area contributed by atoms with Gasteiger partial charge in [-0.1, -0.05) is 24.3 Å². The second-order valence-electron chi connectivity index (χ2n) is 4.24. The van der Waals surface area contributed by atoms with Crippen molar-refractivity contribution in [3.63, 3.8) is 0 Å². The number of aromatic hydroxyl groups is 1. The first-order chi connectivity index (χ1) is 8.15. The smallest absolute Gasteiger partial charge is 0.122 e. The van der Waals surface area contributed by atoms with Crippen LogP contribution in [0.5, 0.6) is 11.5 Å². The number of phenolic OH excluding ortho intramolecular Hbond substituents is 1. The lowest BCUT2D eigenvalue weighted by atomic mass is 10.1. The van der Waals surface area contributed by atoms with E-state index in [0.29, 0.717) is 6.61 Å². The molecule has 0 saturated heterocycles. The molecule has 0 atom stereocenters. The summed E-state index contributed by atoms with van der Waals surface area (Å²) in [5.74, 6) is 1.11. The molecule has 0 unspecified atom stereocenters. The van der Waals surface area contributed by atoms with Crippen molar-refractivity contribution >= 4 is 0 Å². The monoisotopic (exact) mass is 228 g/mol. The van der Waals surface area contributed by atoms with Gasteiger partial charge >= 0.3 is 0 Å². The summed E-state index contributed by atoms with van der Waals surface area (Å²) in [5.41, 5.74) is 3.01. The van der Waals surface area contributed by atoms with Crippen molar-refractivity contribution < 1.29 is 9.84 Å². The van der Waals surface area contributed by atoms with Crippen molar-refractivity contribution in [3.8, 4) is 11.5 Å². The van der Waals surface area contributed by atoms with Crippen LogP contribution in [0.2, 0.25) is 0 Å². The summed E-state index contributed by atoms with van der Waals surface area (Å²) in [5, 5.41) is 9.74. The summed E-state index contributed by atoms with van der Waals surface area (Å²) >= 11 is 0. The number of aryl methyl sites for hydroxylation is 2. The summed E-state index contributed by atoms with van der Waals surface area (Å²) in [6, 6.07) is 13.5. The Morgan fingerprint density at radius 1 is 1.00 bits per heavy atom. The number of benzene rings is 2. The second kappa shape index (κ2) is 4.91. The second-order valence-corrected chi connectivity index (χ2v) is 4.24. The molecule has 88 valence electrons. The van der Waals surface area contributed by atoms with Crippen molar-refractivity contribution in [2.45, 2.75) is 20.5 Å². The summed E-state index contributed by atoms with van der Waals surface area (Å²) in [6.45, 7) is 4.36. The topological polar surface area (TPSA) is 29.5 Å². The normalized spacial score (nSPS) is 10.2. The molecule has 0 fully saturated rings. The number of hydrogen-bond donors (Lipinski definition) is 1. The van der Waals surface area contributed by atoms with Gasteiger partial charge in [0, 0.05) is 5.56 Å². The zero-order chi connectivity index (χ0) is 12.3. The molecule has 0 heterocycles. The molecule has 0 spiro atoms. The van der Waals surface area contributed by atoms with Crippen LogP contribution in [0.4, 0.5) is 0 Å². The minimum atomic E-state index is 0.289. The van der Waals surface area contributed by atoms with Gasteiger partial charge in [-0.25, -0.2) is 0 Å². The van der Waals surface area contributed by atoms with E-state index in [-0.39, 0.29) is 5.75 Å². The van der Waals surface area contributed by atoms with Gasteiger partial charge in [-0.3, -0.25) is 0 Å². The number of hydrogen-bond acceptors (Lipinski definition) is 2. The zero-order valence-corrected chi connectivity index (χ0v) is 10.1. The van der Waals surface area contributed by atoms with Gasteiger partial charge in [0.25, 0.3) is 0 Å². The minimum Gasteiger partial charge on any atom is -0.508 e. The van der Waals surface area contributed by atoms with Gasteiger partial charge in [0.15, 0.2) is 0 Å². The molecule has 2 rings (SSSR count). The first-order valence-corrected chi connectivity index (χ1v) is 5.63. The quantitative estimate of drug-likeness (QED) is 0.870. The highest BCUT2D eigenvalue weighted by atomic mass is 16.5. The van der Waals surface area contributed by atoms with Gasteiger partial charge < -0.3 is 9.84 Å². The Balaban J connectivity index is 2.07. The highest BCUT2D eigenvalue weighted by Gasteiger charge is 2.02. The molecular formula is C15H16O2. The molecule has 2 heteroatoms. The number of rotatable bonds is 3. The number of phenols is 1. The molecule has 0 aromatic heterocycles. The summed E-state index contributed by atoms with van der Waals surface area (Å²) in [6.07, 6.45) is 0. The maximum absolute atomic E-state index is 9.74. The van der Waals surface area contributed by atoms with Crippen LogP contribution in [-0.4, -0.2) is 5.11 Å². The van der Waals surface area contributed by atoms with Crippen LogP contribution >= 0.6 is 0 Å². The van der Waals surface area contributed by atoms with Gasteiger partial charge in [0.1, 0.15) is 18.1 Å². The standard InChI is InChI=1S/C15H16O2/c1-11-4-3-5-14(8-11)17-10-13-7-6-12(2)9-15(13)16/h3-9,16H,10H2,1-2H3. The fraction of sp³-hybridized carbons (Fsp3) is 0.200. The van der Waals surface area contributed by atoms with E-state index in [4.69, 9.17) is 4.74 Å². The molecule has 0 aliphatic heterocycles. The van der Waals surface area contributed by atoms with Crippen LogP contribution < -0.4 is 4.74 Å². The van der Waals surface area contributed by atoms with E-state index in [2.05, 4.69) is 0 Å². The average molecular weight is 228 g/mol. The van der Waals surface area contributed by atoms with Crippen molar-refractivity contribution in [2.75, 3.05) is 0 Å². The average Bonchev–Trinajstić information content (AvgIpc) is 2.28. The first kappa shape index (κ1) is 11.5. The molecule has 1 N–H and O–H groups in total. The highest BCUT2D eigenvalue weighted by molar-refractivity contribution is 5.36. The Kier molecular flexibility index (Phi) is 3.33. The van der Waals surface area contributed by atoms with Crippen LogP contribution in [0.25, 0.3) is 0 Å². The molecule has 2 aromatic carbocycles. The molecule has 0 aliphatic carbocycles. The van der Waals surface area contributed by atoms with Crippen LogP contribution in [-0.2, 0) is 6.61 Å². The van der Waals surface area contributed by atoms with E-state index in [1.165, 1.54) is 0 Å². The Bertz CT molecular complexity index is 518. The Morgan fingerprint density at radius 3 is 2.47 bits per heavy atom. The van der Waals surface area contributed by atoms with Crippen molar-refractivity contribution in [1.29, 1.82) is 0 Å². The van der Waals surface area contributed by atoms with Crippen LogP contribution in [0.1, 0.15) is 16.7 Å². The Labute approximate surface area is 101 Å². The van der Waals surface area contributed by atoms with Gasteiger partial charge in [0.05, 0.1) is 0 Å². The SMILES string of the molecule is Cc1cccc(OCc2ccc(C)cc2O)c1. The van der Waals surface area contributed by atoms with Gasteiger partial charge in [-0.15, -0.1) is 0 Å². The van der Waals surface area contributed by atoms with Gasteiger partial charge in [-0.05, 0) is 43.2 Å². The van der Waals surface area contributed by atoms with E-state index in [1.54, 1.807) is 6.07 Å². The molecule has 0 bridgehead atoms. The third kappa shape index (κ3) is 3.00. The Hall–Kier alpha value is -1.96. The molecule has 0 radical (unpaired) electrons. The van der Waals surface area contributed by atoms with Gasteiger partial charge in [0.2, 0.25) is 0 Å². The minimum absolute atomic E-state index is 0.289. The maximum atomic E-state index is 9.74. The van der Waals surface area contributed by atoms with E-state index in [9.17, 15) is 5.11 Å². The third-order valence-electron chi connectivity index (χ3n) is 2.62. The third-order valence-corrected chi connectivity index (χ3v) is 2.62. The van der Waals surface area contributed by atoms with E-state index in [0.717, 1.165) is 22.4 Å². The van der Waals surface area contributed by atoms with Crippen molar-refractivity contribution in [2.24, 2.45) is 0 Å².